The fraction of sp³-hybridized carbons (Fsp3) is 0.333. The molecule has 1 aliphatic rings. The van der Waals surface area contributed by atoms with Gasteiger partial charge in [0.05, 0.1) is 29.6 Å². The molecule has 8 nitrogen and oxygen atoms in total. The Bertz CT molecular complexity index is 975. The SMILES string of the molecule is COC(=O)N1CCN(c2ccncc2NS(=O)(=O)c2ccc(C)c(F)c2)CC1. The van der Waals surface area contributed by atoms with Crippen LogP contribution in [0, 0.1) is 12.7 Å². The lowest BCUT2D eigenvalue weighted by Gasteiger charge is -2.36. The number of hydrogen-bond acceptors (Lipinski definition) is 6. The van der Waals surface area contributed by atoms with Gasteiger partial charge in [-0.25, -0.2) is 17.6 Å². The van der Waals surface area contributed by atoms with Crippen LogP contribution in [0.3, 0.4) is 0 Å². The Labute approximate surface area is 163 Å². The van der Waals surface area contributed by atoms with E-state index in [1.807, 2.05) is 4.90 Å². The molecule has 0 radical (unpaired) electrons. The Hall–Kier alpha value is -2.88. The molecule has 1 saturated heterocycles. The molecule has 1 N–H and O–H groups in total. The summed E-state index contributed by atoms with van der Waals surface area (Å²) in [7, 11) is -2.65. The van der Waals surface area contributed by atoms with Gasteiger partial charge in [-0.1, -0.05) is 6.07 Å². The molecule has 0 unspecified atom stereocenters. The van der Waals surface area contributed by atoms with Crippen molar-refractivity contribution in [2.45, 2.75) is 11.8 Å². The second kappa shape index (κ2) is 8.01. The molecule has 3 rings (SSSR count). The van der Waals surface area contributed by atoms with Gasteiger partial charge in [0.25, 0.3) is 10.0 Å². The Morgan fingerprint density at radius 2 is 1.93 bits per heavy atom. The van der Waals surface area contributed by atoms with E-state index in [1.54, 1.807) is 24.1 Å². The maximum absolute atomic E-state index is 13.8. The highest BCUT2D eigenvalue weighted by Crippen LogP contribution is 2.28. The first-order valence-corrected chi connectivity index (χ1v) is 10.1. The lowest BCUT2D eigenvalue weighted by molar-refractivity contribution is 0.121. The molecule has 150 valence electrons. The average Bonchev–Trinajstić information content (AvgIpc) is 2.69. The summed E-state index contributed by atoms with van der Waals surface area (Å²) in [4.78, 5) is 19.0. The van der Waals surface area contributed by atoms with E-state index in [1.165, 1.54) is 25.4 Å². The van der Waals surface area contributed by atoms with Gasteiger partial charge in [-0.15, -0.1) is 0 Å². The number of hydrogen-bond donors (Lipinski definition) is 1. The number of aromatic nitrogens is 1. The number of piperazine rings is 1. The lowest BCUT2D eigenvalue weighted by atomic mass is 10.2. The number of aryl methyl sites for hydroxylation is 1. The van der Waals surface area contributed by atoms with Crippen LogP contribution in [-0.4, -0.2) is 57.7 Å². The smallest absolute Gasteiger partial charge is 0.409 e. The molecular weight excluding hydrogens is 387 g/mol. The number of nitrogens with zero attached hydrogens (tertiary/aromatic N) is 3. The minimum absolute atomic E-state index is 0.166. The quantitative estimate of drug-likeness (QED) is 0.834. The van der Waals surface area contributed by atoms with Crippen LogP contribution in [0.1, 0.15) is 5.56 Å². The Balaban J connectivity index is 1.81. The predicted molar refractivity (Wildman–Crippen MR) is 102 cm³/mol. The number of nitrogens with one attached hydrogen (secondary N) is 1. The van der Waals surface area contributed by atoms with Gasteiger partial charge in [-0.3, -0.25) is 9.71 Å². The summed E-state index contributed by atoms with van der Waals surface area (Å²) in [6.07, 6.45) is 2.58. The summed E-state index contributed by atoms with van der Waals surface area (Å²) in [6, 6.07) is 5.45. The third kappa shape index (κ3) is 4.16. The summed E-state index contributed by atoms with van der Waals surface area (Å²) in [5.74, 6) is -0.590. The van der Waals surface area contributed by atoms with E-state index in [0.29, 0.717) is 37.4 Å². The third-order valence-corrected chi connectivity index (χ3v) is 5.91. The molecule has 28 heavy (non-hydrogen) atoms. The van der Waals surface area contributed by atoms with Gasteiger partial charge in [0, 0.05) is 32.4 Å². The second-order valence-corrected chi connectivity index (χ2v) is 8.04. The minimum Gasteiger partial charge on any atom is -0.453 e. The molecule has 1 amide bonds. The van der Waals surface area contributed by atoms with Crippen LogP contribution in [0.5, 0.6) is 0 Å². The van der Waals surface area contributed by atoms with Gasteiger partial charge < -0.3 is 14.5 Å². The van der Waals surface area contributed by atoms with Crippen molar-refractivity contribution in [2.75, 3.05) is 42.9 Å². The van der Waals surface area contributed by atoms with Crippen molar-refractivity contribution in [3.05, 3.63) is 48.0 Å². The first-order valence-electron chi connectivity index (χ1n) is 8.62. The summed E-state index contributed by atoms with van der Waals surface area (Å²) in [5, 5.41) is 0. The van der Waals surface area contributed by atoms with Crippen molar-refractivity contribution in [3.8, 4) is 0 Å². The topological polar surface area (TPSA) is 91.8 Å². The van der Waals surface area contributed by atoms with Crippen molar-refractivity contribution in [1.29, 1.82) is 0 Å². The number of ether oxygens (including phenoxy) is 1. The molecule has 1 aromatic carbocycles. The molecule has 0 aliphatic carbocycles. The van der Waals surface area contributed by atoms with Crippen LogP contribution in [0.4, 0.5) is 20.6 Å². The number of halogens is 1. The van der Waals surface area contributed by atoms with Gasteiger partial charge in [-0.05, 0) is 30.7 Å². The fourth-order valence-electron chi connectivity index (χ4n) is 2.94. The summed E-state index contributed by atoms with van der Waals surface area (Å²) in [6.45, 7) is 3.47. The molecule has 1 aliphatic heterocycles. The molecule has 1 aromatic heterocycles. The highest BCUT2D eigenvalue weighted by atomic mass is 32.2. The van der Waals surface area contributed by atoms with Crippen molar-refractivity contribution >= 4 is 27.5 Å². The average molecular weight is 408 g/mol. The minimum atomic E-state index is -3.98. The van der Waals surface area contributed by atoms with Crippen LogP contribution < -0.4 is 9.62 Å². The second-order valence-electron chi connectivity index (χ2n) is 6.35. The number of benzene rings is 1. The van der Waals surface area contributed by atoms with Gasteiger partial charge in [0.2, 0.25) is 0 Å². The van der Waals surface area contributed by atoms with Gasteiger partial charge in [0.15, 0.2) is 0 Å². The van der Waals surface area contributed by atoms with E-state index in [-0.39, 0.29) is 10.6 Å². The van der Waals surface area contributed by atoms with E-state index in [4.69, 9.17) is 4.74 Å². The molecule has 0 atom stereocenters. The van der Waals surface area contributed by atoms with Crippen LogP contribution in [0.25, 0.3) is 0 Å². The molecule has 0 saturated carbocycles. The monoisotopic (exact) mass is 408 g/mol. The van der Waals surface area contributed by atoms with E-state index in [0.717, 1.165) is 6.07 Å². The molecule has 0 spiro atoms. The van der Waals surface area contributed by atoms with E-state index in [9.17, 15) is 17.6 Å². The molecular formula is C18H21FN4O4S. The molecule has 2 aromatic rings. The zero-order valence-electron chi connectivity index (χ0n) is 15.6. The third-order valence-electron chi connectivity index (χ3n) is 4.55. The largest absolute Gasteiger partial charge is 0.453 e. The number of anilines is 2. The van der Waals surface area contributed by atoms with Gasteiger partial charge >= 0.3 is 6.09 Å². The van der Waals surface area contributed by atoms with Crippen LogP contribution in [-0.2, 0) is 14.8 Å². The summed E-state index contributed by atoms with van der Waals surface area (Å²) < 4.78 is 46.4. The predicted octanol–water partition coefficient (Wildman–Crippen LogP) is 2.22. The highest BCUT2D eigenvalue weighted by molar-refractivity contribution is 7.92. The highest BCUT2D eigenvalue weighted by Gasteiger charge is 2.24. The Morgan fingerprint density at radius 3 is 2.57 bits per heavy atom. The summed E-state index contributed by atoms with van der Waals surface area (Å²) >= 11 is 0. The van der Waals surface area contributed by atoms with Gasteiger partial charge in [0.1, 0.15) is 5.82 Å². The Morgan fingerprint density at radius 1 is 1.21 bits per heavy atom. The molecule has 0 bridgehead atoms. The first-order chi connectivity index (χ1) is 13.3. The van der Waals surface area contributed by atoms with Crippen LogP contribution in [0.15, 0.2) is 41.6 Å². The Kier molecular flexibility index (Phi) is 5.68. The van der Waals surface area contributed by atoms with Crippen molar-refractivity contribution in [3.63, 3.8) is 0 Å². The lowest BCUT2D eigenvalue weighted by Crippen LogP contribution is -2.49. The molecule has 2 heterocycles. The van der Waals surface area contributed by atoms with E-state index >= 15 is 0 Å². The maximum atomic E-state index is 13.8. The number of pyridine rings is 1. The maximum Gasteiger partial charge on any atom is 0.409 e. The first kappa shape index (κ1) is 19.9. The normalized spacial score (nSPS) is 14.7. The number of methoxy groups -OCH3 is 1. The van der Waals surface area contributed by atoms with Crippen molar-refractivity contribution < 1.29 is 22.3 Å². The van der Waals surface area contributed by atoms with Crippen molar-refractivity contribution in [2.24, 2.45) is 0 Å². The van der Waals surface area contributed by atoms with E-state index in [2.05, 4.69) is 9.71 Å². The summed E-state index contributed by atoms with van der Waals surface area (Å²) in [5.41, 5.74) is 1.29. The zero-order valence-corrected chi connectivity index (χ0v) is 16.4. The van der Waals surface area contributed by atoms with E-state index < -0.39 is 21.9 Å². The number of amides is 1. The van der Waals surface area contributed by atoms with Crippen LogP contribution >= 0.6 is 0 Å². The number of carbonyl (C=O) groups excluding carboxylic acids is 1. The standard InChI is InChI=1S/C18H21FN4O4S/c1-13-3-4-14(11-15(13)19)28(25,26)21-16-12-20-6-5-17(16)22-7-9-23(10-8-22)18(24)27-2/h3-6,11-12,21H,7-10H2,1-2H3. The zero-order chi connectivity index (χ0) is 20.3. The number of carbonyl (C=O) groups is 1. The molecule has 10 heteroatoms. The van der Waals surface area contributed by atoms with Crippen LogP contribution in [0.2, 0.25) is 0 Å². The number of sulfonamides is 1. The van der Waals surface area contributed by atoms with Gasteiger partial charge in [-0.2, -0.15) is 0 Å². The fourth-order valence-corrected chi connectivity index (χ4v) is 4.02. The number of rotatable bonds is 4. The van der Waals surface area contributed by atoms with Crippen molar-refractivity contribution in [1.82, 2.24) is 9.88 Å². The molecule has 1 fully saturated rings.